The molecule has 0 spiro atoms. The van der Waals surface area contributed by atoms with Gasteiger partial charge in [-0.25, -0.2) is 0 Å². The van der Waals surface area contributed by atoms with Crippen molar-refractivity contribution in [2.24, 2.45) is 11.8 Å². The van der Waals surface area contributed by atoms with E-state index in [0.29, 0.717) is 17.8 Å². The Morgan fingerprint density at radius 3 is 2.73 bits per heavy atom. The van der Waals surface area contributed by atoms with Gasteiger partial charge in [-0.1, -0.05) is 54.3 Å². The van der Waals surface area contributed by atoms with Gasteiger partial charge in [0, 0.05) is 18.8 Å². The lowest BCUT2D eigenvalue weighted by atomic mass is 9.89. The predicted octanol–water partition coefficient (Wildman–Crippen LogP) is 5.67. The molecule has 2 aromatic rings. The predicted molar refractivity (Wildman–Crippen MR) is 108 cm³/mol. The summed E-state index contributed by atoms with van der Waals surface area (Å²) in [5.41, 5.74) is -0.405. The third-order valence-electron chi connectivity index (χ3n) is 5.54. The summed E-state index contributed by atoms with van der Waals surface area (Å²) in [7, 11) is 0. The summed E-state index contributed by atoms with van der Waals surface area (Å²) in [6.07, 6.45) is 5.91. The molecule has 30 heavy (non-hydrogen) atoms. The van der Waals surface area contributed by atoms with Gasteiger partial charge >= 0.3 is 6.18 Å². The Labute approximate surface area is 178 Å². The number of aryl methyl sites for hydroxylation is 1. The van der Waals surface area contributed by atoms with E-state index in [-0.39, 0.29) is 22.6 Å². The highest BCUT2D eigenvalue weighted by atomic mass is 35.5. The van der Waals surface area contributed by atoms with E-state index in [4.69, 9.17) is 11.6 Å². The van der Waals surface area contributed by atoms with Gasteiger partial charge in [0.25, 0.3) is 0 Å². The second-order valence-electron chi connectivity index (χ2n) is 7.65. The molecule has 0 radical (unpaired) electrons. The van der Waals surface area contributed by atoms with Crippen molar-refractivity contribution in [3.05, 3.63) is 46.2 Å². The lowest BCUT2D eigenvalue weighted by molar-refractivity contribution is -0.137. The summed E-state index contributed by atoms with van der Waals surface area (Å²) >= 11 is 5.67. The van der Waals surface area contributed by atoms with E-state index in [1.165, 1.54) is 6.07 Å². The highest BCUT2D eigenvalue weighted by molar-refractivity contribution is 6.31. The summed E-state index contributed by atoms with van der Waals surface area (Å²) in [5.74, 6) is 0.986. The Balaban J connectivity index is 1.49. The van der Waals surface area contributed by atoms with E-state index in [0.717, 1.165) is 51.0 Å². The molecular weight excluding hydrogens is 417 g/mol. The van der Waals surface area contributed by atoms with Crippen molar-refractivity contribution < 1.29 is 18.0 Å². The molecule has 2 atom stereocenters. The van der Waals surface area contributed by atoms with E-state index in [9.17, 15) is 18.0 Å². The maximum atomic E-state index is 13.0. The molecule has 1 aromatic heterocycles. The molecule has 9 heteroatoms. The fourth-order valence-corrected chi connectivity index (χ4v) is 4.15. The number of carbonyl (C=O) groups excluding carboxylic acids is 1. The zero-order chi connectivity index (χ0) is 21.6. The number of H-pyrrole nitrogens is 1. The minimum atomic E-state index is -4.49. The average Bonchev–Trinajstić information content (AvgIpc) is 3.33. The number of nitrogens with one attached hydrogen (secondary N) is 1. The van der Waals surface area contributed by atoms with Crippen LogP contribution in [-0.4, -0.2) is 26.4 Å². The number of unbranched alkanes of at least 4 members (excludes halogenated alkanes) is 3. The van der Waals surface area contributed by atoms with Crippen LogP contribution in [0.1, 0.15) is 61.9 Å². The maximum Gasteiger partial charge on any atom is 0.417 e. The van der Waals surface area contributed by atoms with E-state index < -0.39 is 11.7 Å². The van der Waals surface area contributed by atoms with Crippen molar-refractivity contribution in [2.45, 2.75) is 57.5 Å². The minimum absolute atomic E-state index is 0.0483. The van der Waals surface area contributed by atoms with Crippen molar-refractivity contribution in [1.82, 2.24) is 20.6 Å². The first-order valence-electron chi connectivity index (χ1n) is 10.1. The Kier molecular flexibility index (Phi) is 7.64. The first-order valence-corrected chi connectivity index (χ1v) is 10.5. The van der Waals surface area contributed by atoms with E-state index in [2.05, 4.69) is 20.6 Å². The number of aromatic nitrogens is 4. The molecule has 0 amide bonds. The van der Waals surface area contributed by atoms with E-state index in [1.807, 2.05) is 6.08 Å². The lowest BCUT2D eigenvalue weighted by Crippen LogP contribution is -2.13. The van der Waals surface area contributed by atoms with Crippen LogP contribution in [0.3, 0.4) is 0 Å². The number of Topliss-reactive ketones (excluding diaryl/α,β-unsaturated/α-hetero) is 1. The van der Waals surface area contributed by atoms with Gasteiger partial charge in [-0.15, -0.1) is 10.2 Å². The van der Waals surface area contributed by atoms with Crippen LogP contribution in [0.5, 0.6) is 0 Å². The van der Waals surface area contributed by atoms with Crippen molar-refractivity contribution in [3.63, 3.8) is 0 Å². The topological polar surface area (TPSA) is 71.5 Å². The number of hydrogen-bond donors (Lipinski definition) is 1. The van der Waals surface area contributed by atoms with Crippen LogP contribution < -0.4 is 0 Å². The fourth-order valence-electron chi connectivity index (χ4n) is 3.93. The fraction of sp³-hybridized carbons (Fsp3) is 0.524. The van der Waals surface area contributed by atoms with Gasteiger partial charge in [-0.05, 0) is 42.9 Å². The molecule has 0 aliphatic heterocycles. The molecule has 0 bridgehead atoms. The first kappa shape index (κ1) is 22.5. The molecule has 5 nitrogen and oxygen atoms in total. The number of hydrogen-bond acceptors (Lipinski definition) is 4. The second-order valence-corrected chi connectivity index (χ2v) is 8.06. The number of alkyl halides is 3. The number of rotatable bonds is 9. The number of allylic oxidation sites excluding steroid dienone is 1. The zero-order valence-electron chi connectivity index (χ0n) is 16.5. The molecule has 0 unspecified atom stereocenters. The van der Waals surface area contributed by atoms with Crippen LogP contribution in [0.25, 0.3) is 6.08 Å². The Morgan fingerprint density at radius 2 is 2.00 bits per heavy atom. The quantitative estimate of drug-likeness (QED) is 0.509. The smallest absolute Gasteiger partial charge is 0.299 e. The standard InChI is InChI=1S/C21H24ClF3N4O/c22-18-11-8-14(13-17(18)21(23,24)25)7-9-15-10-12-19(30)16(15)5-3-1-2-4-6-20-26-28-29-27-20/h7-9,11,13,15-16H,1-6,10,12H2,(H,26,27,28,29)/t15-,16+/m1/s1. The molecular formula is C21H24ClF3N4O. The van der Waals surface area contributed by atoms with Gasteiger partial charge in [0.2, 0.25) is 0 Å². The van der Waals surface area contributed by atoms with Gasteiger partial charge in [0.15, 0.2) is 5.82 Å². The molecule has 1 aliphatic carbocycles. The molecule has 1 aromatic carbocycles. The summed E-state index contributed by atoms with van der Waals surface area (Å²) in [4.78, 5) is 12.3. The zero-order valence-corrected chi connectivity index (χ0v) is 17.2. The molecule has 1 aliphatic rings. The number of nitrogens with zero attached hydrogens (tertiary/aromatic N) is 3. The first-order chi connectivity index (χ1) is 14.3. The van der Waals surface area contributed by atoms with E-state index in [1.54, 1.807) is 12.1 Å². The van der Waals surface area contributed by atoms with Crippen molar-refractivity contribution in [1.29, 1.82) is 0 Å². The highest BCUT2D eigenvalue weighted by Gasteiger charge is 2.34. The van der Waals surface area contributed by atoms with Crippen molar-refractivity contribution >= 4 is 23.5 Å². The summed E-state index contributed by atoms with van der Waals surface area (Å²) in [6, 6.07) is 3.87. The van der Waals surface area contributed by atoms with Crippen LogP contribution >= 0.6 is 11.6 Å². The number of carbonyl (C=O) groups is 1. The molecule has 1 heterocycles. The minimum Gasteiger partial charge on any atom is -0.299 e. The number of aromatic amines is 1. The molecule has 1 N–H and O–H groups in total. The molecule has 162 valence electrons. The van der Waals surface area contributed by atoms with E-state index >= 15 is 0 Å². The monoisotopic (exact) mass is 440 g/mol. The second kappa shape index (κ2) is 10.2. The van der Waals surface area contributed by atoms with Gasteiger partial charge in [-0.2, -0.15) is 18.4 Å². The summed E-state index contributed by atoms with van der Waals surface area (Å²) in [5, 5.41) is 13.5. The third kappa shape index (κ3) is 6.14. The van der Waals surface area contributed by atoms with Gasteiger partial charge in [-0.3, -0.25) is 4.79 Å². The van der Waals surface area contributed by atoms with Crippen LogP contribution in [0.2, 0.25) is 5.02 Å². The number of benzene rings is 1. The molecule has 1 fully saturated rings. The highest BCUT2D eigenvalue weighted by Crippen LogP contribution is 2.37. The third-order valence-corrected chi connectivity index (χ3v) is 5.87. The van der Waals surface area contributed by atoms with Gasteiger partial charge in [0.1, 0.15) is 5.78 Å². The number of ketones is 1. The van der Waals surface area contributed by atoms with Gasteiger partial charge in [0.05, 0.1) is 10.6 Å². The maximum absolute atomic E-state index is 13.0. The number of halogens is 4. The van der Waals surface area contributed by atoms with Crippen molar-refractivity contribution in [3.8, 4) is 0 Å². The largest absolute Gasteiger partial charge is 0.417 e. The summed E-state index contributed by atoms with van der Waals surface area (Å²) < 4.78 is 39.1. The molecule has 1 saturated carbocycles. The number of tetrazole rings is 1. The van der Waals surface area contributed by atoms with Crippen LogP contribution in [0.4, 0.5) is 13.2 Å². The Hall–Kier alpha value is -2.22. The Morgan fingerprint density at radius 1 is 1.20 bits per heavy atom. The summed E-state index contributed by atoms with van der Waals surface area (Å²) in [6.45, 7) is 0. The van der Waals surface area contributed by atoms with Crippen LogP contribution in [0.15, 0.2) is 24.3 Å². The SMILES string of the molecule is O=C1CC[C@@H](C=Cc2ccc(Cl)c(C(F)(F)F)c2)[C@@H]1CCCCCCc1nn[nH]n1. The lowest BCUT2D eigenvalue weighted by Gasteiger charge is -2.15. The Bertz CT molecular complexity index is 868. The van der Waals surface area contributed by atoms with Crippen molar-refractivity contribution in [2.75, 3.05) is 0 Å². The normalized spacial score (nSPS) is 19.8. The van der Waals surface area contributed by atoms with Crippen LogP contribution in [-0.2, 0) is 17.4 Å². The molecule has 0 saturated heterocycles. The van der Waals surface area contributed by atoms with Gasteiger partial charge < -0.3 is 0 Å². The van der Waals surface area contributed by atoms with Crippen LogP contribution in [0, 0.1) is 11.8 Å². The molecule has 3 rings (SSSR count). The average molecular weight is 441 g/mol.